The highest BCUT2D eigenvalue weighted by atomic mass is 16.1. The molecule has 1 saturated heterocycles. The smallest absolute Gasteiger partial charge is 0.272 e. The molecule has 6 heteroatoms. The monoisotopic (exact) mass is 375 g/mol. The first-order valence-corrected chi connectivity index (χ1v) is 9.66. The molecule has 2 heterocycles. The van der Waals surface area contributed by atoms with Crippen molar-refractivity contribution in [2.45, 2.75) is 13.0 Å². The van der Waals surface area contributed by atoms with Crippen molar-refractivity contribution in [3.63, 3.8) is 0 Å². The molecule has 1 amide bonds. The number of nitrogens with one attached hydrogen (secondary N) is 1. The number of hydrogen-bond donors (Lipinski definition) is 1. The third-order valence-corrected chi connectivity index (χ3v) is 5.32. The predicted molar refractivity (Wildman–Crippen MR) is 112 cm³/mol. The van der Waals surface area contributed by atoms with Crippen LogP contribution in [0.4, 0.5) is 5.82 Å². The van der Waals surface area contributed by atoms with Crippen molar-refractivity contribution in [3.8, 4) is 0 Å². The van der Waals surface area contributed by atoms with Gasteiger partial charge < -0.3 is 15.1 Å². The number of benzene rings is 2. The Morgan fingerprint density at radius 2 is 1.79 bits per heavy atom. The van der Waals surface area contributed by atoms with Crippen LogP contribution in [0.25, 0.3) is 10.8 Å². The average Bonchev–Trinajstić information content (AvgIpc) is 2.74. The Labute approximate surface area is 165 Å². The lowest BCUT2D eigenvalue weighted by Gasteiger charge is -2.33. The van der Waals surface area contributed by atoms with E-state index >= 15 is 0 Å². The molecule has 2 aromatic carbocycles. The Morgan fingerprint density at radius 3 is 2.61 bits per heavy atom. The fourth-order valence-corrected chi connectivity index (χ4v) is 3.63. The van der Waals surface area contributed by atoms with Gasteiger partial charge in [0.15, 0.2) is 0 Å². The molecule has 1 aromatic heterocycles. The van der Waals surface area contributed by atoms with Crippen molar-refractivity contribution >= 4 is 22.5 Å². The van der Waals surface area contributed by atoms with Crippen LogP contribution >= 0.6 is 0 Å². The van der Waals surface area contributed by atoms with E-state index in [4.69, 9.17) is 0 Å². The maximum absolute atomic E-state index is 12.8. The lowest BCUT2D eigenvalue weighted by Crippen LogP contribution is -2.45. The van der Waals surface area contributed by atoms with E-state index < -0.39 is 0 Å². The van der Waals surface area contributed by atoms with Gasteiger partial charge >= 0.3 is 0 Å². The van der Waals surface area contributed by atoms with E-state index in [2.05, 4.69) is 56.4 Å². The number of likely N-dealkylation sites (N-methyl/N-ethyl adjacent to an activating group) is 1. The molecular formula is C22H25N5O. The van der Waals surface area contributed by atoms with E-state index in [0.29, 0.717) is 5.69 Å². The van der Waals surface area contributed by atoms with Gasteiger partial charge in [0.1, 0.15) is 11.5 Å². The number of amides is 1. The molecule has 1 aliphatic heterocycles. The van der Waals surface area contributed by atoms with Crippen LogP contribution < -0.4 is 10.2 Å². The summed E-state index contributed by atoms with van der Waals surface area (Å²) >= 11 is 0. The molecule has 0 spiro atoms. The van der Waals surface area contributed by atoms with Gasteiger partial charge in [-0.1, -0.05) is 42.5 Å². The number of fused-ring (bicyclic) bond motifs is 1. The van der Waals surface area contributed by atoms with Gasteiger partial charge in [0.25, 0.3) is 5.91 Å². The van der Waals surface area contributed by atoms with Crippen LogP contribution in [0.1, 0.15) is 29.0 Å². The van der Waals surface area contributed by atoms with Crippen molar-refractivity contribution in [1.29, 1.82) is 0 Å². The van der Waals surface area contributed by atoms with Crippen LogP contribution in [0.5, 0.6) is 0 Å². The molecule has 144 valence electrons. The van der Waals surface area contributed by atoms with Crippen molar-refractivity contribution < 1.29 is 4.79 Å². The number of aromatic nitrogens is 2. The number of hydrogen-bond acceptors (Lipinski definition) is 5. The van der Waals surface area contributed by atoms with Gasteiger partial charge in [-0.15, -0.1) is 0 Å². The molecule has 3 aromatic rings. The van der Waals surface area contributed by atoms with Gasteiger partial charge in [0.2, 0.25) is 0 Å². The number of carbonyl (C=O) groups is 1. The molecule has 0 saturated carbocycles. The molecule has 0 bridgehead atoms. The van der Waals surface area contributed by atoms with E-state index in [1.807, 2.05) is 25.1 Å². The summed E-state index contributed by atoms with van der Waals surface area (Å²) in [5.41, 5.74) is 1.44. The van der Waals surface area contributed by atoms with Crippen molar-refractivity contribution in [2.24, 2.45) is 0 Å². The minimum absolute atomic E-state index is 0.132. The second-order valence-electron chi connectivity index (χ2n) is 7.32. The minimum Gasteiger partial charge on any atom is -0.353 e. The Hall–Kier alpha value is -2.99. The number of rotatable bonds is 4. The SMILES string of the molecule is C[C@@H](NC(=O)c1cncc(N2CCN(C)CC2)n1)c1cccc2ccccc12. The summed E-state index contributed by atoms with van der Waals surface area (Å²) in [4.78, 5) is 26.1. The molecule has 0 radical (unpaired) electrons. The van der Waals surface area contributed by atoms with Crippen LogP contribution in [0.3, 0.4) is 0 Å². The Bertz CT molecular complexity index is 976. The van der Waals surface area contributed by atoms with E-state index in [-0.39, 0.29) is 11.9 Å². The summed E-state index contributed by atoms with van der Waals surface area (Å²) < 4.78 is 0. The van der Waals surface area contributed by atoms with Crippen LogP contribution in [0.15, 0.2) is 54.9 Å². The maximum atomic E-state index is 12.8. The molecule has 1 N–H and O–H groups in total. The predicted octanol–water partition coefficient (Wildman–Crippen LogP) is 2.87. The van der Waals surface area contributed by atoms with E-state index in [1.165, 1.54) is 6.20 Å². The molecule has 1 aliphatic rings. The third kappa shape index (κ3) is 3.82. The van der Waals surface area contributed by atoms with Gasteiger partial charge in [-0.05, 0) is 30.3 Å². The quantitative estimate of drug-likeness (QED) is 0.760. The highest BCUT2D eigenvalue weighted by Gasteiger charge is 2.19. The molecule has 1 atom stereocenters. The summed E-state index contributed by atoms with van der Waals surface area (Å²) in [6.07, 6.45) is 3.26. The van der Waals surface area contributed by atoms with Crippen LogP contribution in [-0.4, -0.2) is 54.0 Å². The lowest BCUT2D eigenvalue weighted by molar-refractivity contribution is 0.0934. The van der Waals surface area contributed by atoms with Crippen molar-refractivity contribution in [2.75, 3.05) is 38.1 Å². The van der Waals surface area contributed by atoms with E-state index in [1.54, 1.807) is 6.20 Å². The average molecular weight is 375 g/mol. The first-order chi connectivity index (χ1) is 13.6. The molecule has 6 nitrogen and oxygen atoms in total. The van der Waals surface area contributed by atoms with Crippen LogP contribution in [-0.2, 0) is 0 Å². The normalized spacial score (nSPS) is 16.1. The standard InChI is InChI=1S/C22H25N5O/c1-16(18-9-5-7-17-6-3-4-8-19(17)18)24-22(28)20-14-23-15-21(25-20)27-12-10-26(2)11-13-27/h3-9,14-16H,10-13H2,1-2H3,(H,24,28)/t16-/m1/s1. The minimum atomic E-state index is -0.205. The van der Waals surface area contributed by atoms with E-state index in [0.717, 1.165) is 48.3 Å². The first-order valence-electron chi connectivity index (χ1n) is 9.66. The van der Waals surface area contributed by atoms with Crippen molar-refractivity contribution in [3.05, 3.63) is 66.1 Å². The fraction of sp³-hybridized carbons (Fsp3) is 0.318. The van der Waals surface area contributed by atoms with Gasteiger partial charge in [0.05, 0.1) is 18.4 Å². The highest BCUT2D eigenvalue weighted by Crippen LogP contribution is 2.24. The van der Waals surface area contributed by atoms with E-state index in [9.17, 15) is 4.79 Å². The molecule has 0 unspecified atom stereocenters. The zero-order valence-electron chi connectivity index (χ0n) is 16.3. The number of piperazine rings is 1. The lowest BCUT2D eigenvalue weighted by atomic mass is 9.99. The Balaban J connectivity index is 1.51. The molecule has 0 aliphatic carbocycles. The van der Waals surface area contributed by atoms with Crippen molar-refractivity contribution in [1.82, 2.24) is 20.2 Å². The summed E-state index contributed by atoms with van der Waals surface area (Å²) in [7, 11) is 2.11. The zero-order chi connectivity index (χ0) is 19.5. The van der Waals surface area contributed by atoms with Gasteiger partial charge in [0, 0.05) is 26.2 Å². The molecule has 4 rings (SSSR count). The second-order valence-corrected chi connectivity index (χ2v) is 7.32. The third-order valence-electron chi connectivity index (χ3n) is 5.32. The Kier molecular flexibility index (Phi) is 5.21. The largest absolute Gasteiger partial charge is 0.353 e. The number of anilines is 1. The van der Waals surface area contributed by atoms with Crippen LogP contribution in [0.2, 0.25) is 0 Å². The Morgan fingerprint density at radius 1 is 1.04 bits per heavy atom. The van der Waals surface area contributed by atoms with Gasteiger partial charge in [-0.2, -0.15) is 0 Å². The van der Waals surface area contributed by atoms with Gasteiger partial charge in [-0.25, -0.2) is 4.98 Å². The summed E-state index contributed by atoms with van der Waals surface area (Å²) in [5, 5.41) is 5.39. The molecule has 1 fully saturated rings. The van der Waals surface area contributed by atoms with Crippen LogP contribution in [0, 0.1) is 0 Å². The summed E-state index contributed by atoms with van der Waals surface area (Å²) in [6, 6.07) is 14.2. The molecule has 28 heavy (non-hydrogen) atoms. The highest BCUT2D eigenvalue weighted by molar-refractivity contribution is 5.93. The number of nitrogens with zero attached hydrogens (tertiary/aromatic N) is 4. The first kappa shape index (κ1) is 18.4. The number of carbonyl (C=O) groups excluding carboxylic acids is 1. The summed E-state index contributed by atoms with van der Waals surface area (Å²) in [5.74, 6) is 0.558. The topological polar surface area (TPSA) is 61.4 Å². The maximum Gasteiger partial charge on any atom is 0.272 e. The molecular weight excluding hydrogens is 350 g/mol. The zero-order valence-corrected chi connectivity index (χ0v) is 16.3. The van der Waals surface area contributed by atoms with Gasteiger partial charge in [-0.3, -0.25) is 9.78 Å². The second kappa shape index (κ2) is 7.94. The summed E-state index contributed by atoms with van der Waals surface area (Å²) in [6.45, 7) is 5.75. The fourth-order valence-electron chi connectivity index (χ4n) is 3.63.